The zero-order valence-electron chi connectivity index (χ0n) is 19.1. The maximum Gasteiger partial charge on any atom is 0.269 e. The van der Waals surface area contributed by atoms with Crippen LogP contribution in [0.2, 0.25) is 0 Å². The van der Waals surface area contributed by atoms with E-state index in [1.807, 2.05) is 38.1 Å². The van der Waals surface area contributed by atoms with Crippen LogP contribution >= 0.6 is 0 Å². The summed E-state index contributed by atoms with van der Waals surface area (Å²) in [7, 11) is -4.00. The third kappa shape index (κ3) is 5.08. The summed E-state index contributed by atoms with van der Waals surface area (Å²) in [6.45, 7) is 5.93. The van der Waals surface area contributed by atoms with Crippen LogP contribution in [0, 0.1) is 6.92 Å². The van der Waals surface area contributed by atoms with Crippen molar-refractivity contribution in [2.75, 3.05) is 13.1 Å². The summed E-state index contributed by atoms with van der Waals surface area (Å²) in [4.78, 5) is 40.0. The van der Waals surface area contributed by atoms with Crippen molar-refractivity contribution in [1.82, 2.24) is 14.5 Å². The SMILES string of the molecule is CCNC(=O)[C@@H](CC)N(Cc1ccc(C)cc1)C(=O)CCN1C(=O)c2ccccc2S1(=O)=O. The minimum Gasteiger partial charge on any atom is -0.355 e. The van der Waals surface area contributed by atoms with Crippen molar-refractivity contribution in [3.8, 4) is 0 Å². The van der Waals surface area contributed by atoms with Gasteiger partial charge in [-0.25, -0.2) is 12.7 Å². The van der Waals surface area contributed by atoms with Crippen molar-refractivity contribution in [1.29, 1.82) is 0 Å². The quantitative estimate of drug-likeness (QED) is 0.605. The minimum atomic E-state index is -4.00. The Morgan fingerprint density at radius 2 is 1.73 bits per heavy atom. The Balaban J connectivity index is 1.82. The maximum atomic E-state index is 13.3. The number of carbonyl (C=O) groups excluding carboxylic acids is 3. The molecule has 2 aromatic rings. The molecule has 0 bridgehead atoms. The van der Waals surface area contributed by atoms with E-state index in [9.17, 15) is 22.8 Å². The molecule has 1 N–H and O–H groups in total. The number of hydrogen-bond donors (Lipinski definition) is 1. The zero-order valence-corrected chi connectivity index (χ0v) is 19.9. The lowest BCUT2D eigenvalue weighted by atomic mass is 10.1. The van der Waals surface area contributed by atoms with Gasteiger partial charge in [0.2, 0.25) is 11.8 Å². The lowest BCUT2D eigenvalue weighted by Crippen LogP contribution is -2.49. The van der Waals surface area contributed by atoms with Gasteiger partial charge in [-0.1, -0.05) is 48.9 Å². The molecule has 0 fully saturated rings. The van der Waals surface area contributed by atoms with Crippen LogP contribution in [0.15, 0.2) is 53.4 Å². The summed E-state index contributed by atoms with van der Waals surface area (Å²) in [5, 5.41) is 2.76. The number of amides is 3. The molecule has 0 aromatic heterocycles. The van der Waals surface area contributed by atoms with Crippen LogP contribution in [0.25, 0.3) is 0 Å². The topological polar surface area (TPSA) is 104 Å². The third-order valence-electron chi connectivity index (χ3n) is 5.65. The summed E-state index contributed by atoms with van der Waals surface area (Å²) >= 11 is 0. The molecule has 33 heavy (non-hydrogen) atoms. The fourth-order valence-electron chi connectivity index (χ4n) is 3.89. The predicted octanol–water partition coefficient (Wildman–Crippen LogP) is 2.47. The van der Waals surface area contributed by atoms with Gasteiger partial charge in [-0.2, -0.15) is 0 Å². The summed E-state index contributed by atoms with van der Waals surface area (Å²) < 4.78 is 26.3. The van der Waals surface area contributed by atoms with E-state index in [1.165, 1.54) is 17.0 Å². The molecule has 1 heterocycles. The molecule has 0 spiro atoms. The number of nitrogens with one attached hydrogen (secondary N) is 1. The molecule has 0 aliphatic carbocycles. The second-order valence-electron chi connectivity index (χ2n) is 7.95. The van der Waals surface area contributed by atoms with Gasteiger partial charge in [-0.05, 0) is 38.0 Å². The van der Waals surface area contributed by atoms with Gasteiger partial charge in [0.15, 0.2) is 0 Å². The molecule has 1 aliphatic heterocycles. The Morgan fingerprint density at radius 1 is 1.06 bits per heavy atom. The third-order valence-corrected chi connectivity index (χ3v) is 7.49. The van der Waals surface area contributed by atoms with E-state index in [0.29, 0.717) is 13.0 Å². The molecule has 0 saturated heterocycles. The first kappa shape index (κ1) is 24.4. The molecule has 3 rings (SSSR count). The number of benzene rings is 2. The Morgan fingerprint density at radius 3 is 2.33 bits per heavy atom. The number of sulfonamides is 1. The Bertz CT molecular complexity index is 1140. The Labute approximate surface area is 194 Å². The van der Waals surface area contributed by atoms with Gasteiger partial charge in [0.05, 0.1) is 5.56 Å². The van der Waals surface area contributed by atoms with Crippen molar-refractivity contribution in [3.63, 3.8) is 0 Å². The smallest absolute Gasteiger partial charge is 0.269 e. The highest BCUT2D eigenvalue weighted by molar-refractivity contribution is 7.90. The molecule has 2 aromatic carbocycles. The lowest BCUT2D eigenvalue weighted by Gasteiger charge is -2.31. The van der Waals surface area contributed by atoms with Crippen molar-refractivity contribution in [2.45, 2.75) is 51.1 Å². The first-order chi connectivity index (χ1) is 15.7. The molecule has 0 unspecified atom stereocenters. The van der Waals surface area contributed by atoms with Gasteiger partial charge >= 0.3 is 0 Å². The van der Waals surface area contributed by atoms with Crippen molar-refractivity contribution < 1.29 is 22.8 Å². The fourth-order valence-corrected chi connectivity index (χ4v) is 5.46. The first-order valence-corrected chi connectivity index (χ1v) is 12.4. The molecular weight excluding hydrogens is 442 g/mol. The van der Waals surface area contributed by atoms with Crippen molar-refractivity contribution in [3.05, 3.63) is 65.2 Å². The van der Waals surface area contributed by atoms with Crippen molar-refractivity contribution >= 4 is 27.7 Å². The molecule has 0 saturated carbocycles. The molecule has 176 valence electrons. The van der Waals surface area contributed by atoms with Crippen LogP contribution in [0.4, 0.5) is 0 Å². The highest BCUT2D eigenvalue weighted by Gasteiger charge is 2.41. The largest absolute Gasteiger partial charge is 0.355 e. The molecular formula is C24H29N3O5S. The summed E-state index contributed by atoms with van der Waals surface area (Å²) in [5.74, 6) is -1.30. The molecule has 1 atom stereocenters. The van der Waals surface area contributed by atoms with Gasteiger partial charge in [-0.15, -0.1) is 0 Å². The molecule has 9 heteroatoms. The summed E-state index contributed by atoms with van der Waals surface area (Å²) in [6, 6.07) is 12.9. The van der Waals surface area contributed by atoms with Crippen LogP contribution in [0.5, 0.6) is 0 Å². The zero-order chi connectivity index (χ0) is 24.2. The maximum absolute atomic E-state index is 13.3. The molecule has 1 aliphatic rings. The average Bonchev–Trinajstić information content (AvgIpc) is 2.99. The van der Waals surface area contributed by atoms with E-state index in [-0.39, 0.29) is 35.9 Å². The number of likely N-dealkylation sites (N-methyl/N-ethyl adjacent to an activating group) is 1. The fraction of sp³-hybridized carbons (Fsp3) is 0.375. The lowest BCUT2D eigenvalue weighted by molar-refractivity contribution is -0.141. The molecule has 8 nitrogen and oxygen atoms in total. The average molecular weight is 472 g/mol. The van der Waals surface area contributed by atoms with Crippen LogP contribution in [-0.2, 0) is 26.2 Å². The number of rotatable bonds is 9. The van der Waals surface area contributed by atoms with E-state index >= 15 is 0 Å². The highest BCUT2D eigenvalue weighted by atomic mass is 32.2. The standard InChI is InChI=1S/C24H29N3O5S/c1-4-20(23(29)25-5-2)26(16-18-12-10-17(3)11-13-18)22(28)14-15-27-24(30)19-8-6-7-9-21(19)33(27,31)32/h6-13,20H,4-5,14-16H2,1-3H3,(H,25,29)/t20-/m1/s1. The summed E-state index contributed by atoms with van der Waals surface area (Å²) in [5.41, 5.74) is 2.04. The number of carbonyl (C=O) groups is 3. The normalized spacial score (nSPS) is 15.1. The Kier molecular flexibility index (Phi) is 7.53. The van der Waals surface area contributed by atoms with Gasteiger partial charge < -0.3 is 10.2 Å². The van der Waals surface area contributed by atoms with E-state index < -0.39 is 27.9 Å². The van der Waals surface area contributed by atoms with Crippen LogP contribution < -0.4 is 5.32 Å². The van der Waals surface area contributed by atoms with Crippen LogP contribution in [0.3, 0.4) is 0 Å². The number of nitrogens with zero attached hydrogens (tertiary/aromatic N) is 2. The highest BCUT2D eigenvalue weighted by Crippen LogP contribution is 2.30. The monoisotopic (exact) mass is 471 g/mol. The van der Waals surface area contributed by atoms with Gasteiger partial charge in [0.1, 0.15) is 10.9 Å². The van der Waals surface area contributed by atoms with E-state index in [0.717, 1.165) is 15.4 Å². The predicted molar refractivity (Wildman–Crippen MR) is 124 cm³/mol. The van der Waals surface area contributed by atoms with Gasteiger partial charge in [0.25, 0.3) is 15.9 Å². The van der Waals surface area contributed by atoms with Gasteiger partial charge in [0, 0.05) is 26.1 Å². The van der Waals surface area contributed by atoms with Gasteiger partial charge in [-0.3, -0.25) is 14.4 Å². The number of aryl methyl sites for hydroxylation is 1. The first-order valence-electron chi connectivity index (χ1n) is 11.0. The minimum absolute atomic E-state index is 0.0484. The second-order valence-corrected chi connectivity index (χ2v) is 9.79. The summed E-state index contributed by atoms with van der Waals surface area (Å²) in [6.07, 6.45) is 0.177. The van der Waals surface area contributed by atoms with Crippen LogP contribution in [-0.4, -0.2) is 54.5 Å². The molecule has 3 amide bonds. The van der Waals surface area contributed by atoms with Crippen molar-refractivity contribution in [2.24, 2.45) is 0 Å². The number of fused-ring (bicyclic) bond motifs is 1. The molecule has 0 radical (unpaired) electrons. The number of hydrogen-bond acceptors (Lipinski definition) is 5. The van der Waals surface area contributed by atoms with E-state index in [4.69, 9.17) is 0 Å². The second kappa shape index (κ2) is 10.2. The van der Waals surface area contributed by atoms with E-state index in [1.54, 1.807) is 19.1 Å². The van der Waals surface area contributed by atoms with Crippen LogP contribution in [0.1, 0.15) is 48.2 Å². The van der Waals surface area contributed by atoms with E-state index in [2.05, 4.69) is 5.32 Å². The Hall–Kier alpha value is -3.20.